The minimum absolute atomic E-state index is 0.0551. The van der Waals surface area contributed by atoms with E-state index in [1.54, 1.807) is 0 Å². The van der Waals surface area contributed by atoms with E-state index in [1.165, 1.54) is 0 Å². The Balaban J connectivity index is 2.32. The molecule has 1 aliphatic carbocycles. The van der Waals surface area contributed by atoms with E-state index >= 15 is 0 Å². The maximum atomic E-state index is 11.1. The van der Waals surface area contributed by atoms with Crippen LogP contribution in [0.1, 0.15) is 20.3 Å². The predicted molar refractivity (Wildman–Crippen MR) is 43.0 cm³/mol. The molecule has 0 aromatic carbocycles. The molecule has 0 aromatic heterocycles. The Morgan fingerprint density at radius 1 is 1.64 bits per heavy atom. The molecular weight excluding hydrogens is 140 g/mol. The first-order chi connectivity index (χ1) is 5.16. The summed E-state index contributed by atoms with van der Waals surface area (Å²) in [5, 5.41) is 0. The van der Waals surface area contributed by atoms with Gasteiger partial charge in [0.15, 0.2) is 0 Å². The number of hydrogen-bond acceptors (Lipinski definition) is 2. The normalized spacial score (nSPS) is 27.8. The second-order valence-electron chi connectivity index (χ2n) is 3.05. The van der Waals surface area contributed by atoms with Crippen molar-refractivity contribution >= 4 is 5.97 Å². The molecule has 2 heteroatoms. The first-order valence-electron chi connectivity index (χ1n) is 3.98. The molecule has 0 saturated heterocycles. The summed E-state index contributed by atoms with van der Waals surface area (Å²) in [5.41, 5.74) is 1.10. The van der Waals surface area contributed by atoms with Crippen LogP contribution in [0.3, 0.4) is 0 Å². The number of ether oxygens (including phenoxy) is 1. The largest absolute Gasteiger partial charge is 0.466 e. The van der Waals surface area contributed by atoms with E-state index in [1.807, 2.05) is 13.8 Å². The lowest BCUT2D eigenvalue weighted by molar-refractivity contribution is -0.144. The molecule has 1 saturated carbocycles. The van der Waals surface area contributed by atoms with Crippen LogP contribution in [0.25, 0.3) is 0 Å². The monoisotopic (exact) mass is 154 g/mol. The molecule has 0 amide bonds. The van der Waals surface area contributed by atoms with Gasteiger partial charge < -0.3 is 4.74 Å². The van der Waals surface area contributed by atoms with Gasteiger partial charge in [0.05, 0.1) is 12.5 Å². The maximum absolute atomic E-state index is 11.1. The Morgan fingerprint density at radius 3 is 2.64 bits per heavy atom. The third-order valence-electron chi connectivity index (χ3n) is 2.01. The zero-order chi connectivity index (χ0) is 8.43. The summed E-state index contributed by atoms with van der Waals surface area (Å²) in [6.07, 6.45) is 0.939. The average Bonchev–Trinajstić information content (AvgIpc) is 2.65. The molecule has 62 valence electrons. The number of allylic oxidation sites excluding steroid dienone is 1. The van der Waals surface area contributed by atoms with Crippen LogP contribution in [0.4, 0.5) is 0 Å². The molecule has 0 bridgehead atoms. The van der Waals surface area contributed by atoms with E-state index < -0.39 is 0 Å². The van der Waals surface area contributed by atoms with Crippen LogP contribution >= 0.6 is 0 Å². The highest BCUT2D eigenvalue weighted by Crippen LogP contribution is 2.43. The minimum Gasteiger partial charge on any atom is -0.466 e. The summed E-state index contributed by atoms with van der Waals surface area (Å²) in [7, 11) is 0. The fraction of sp³-hybridized carbons (Fsp3) is 0.667. The standard InChI is InChI=1S/C9H14O2/c1-4-11-9(10)8-5-7(8)6(2)3/h7-8H,2,4-5H2,1,3H3/t7-,8-/m1/s1. The molecule has 1 rings (SSSR count). The van der Waals surface area contributed by atoms with Crippen LogP contribution in [0.15, 0.2) is 12.2 Å². The SMILES string of the molecule is C=C(C)[C@H]1C[C@H]1C(=O)OCC. The summed E-state index contributed by atoms with van der Waals surface area (Å²) < 4.78 is 4.87. The van der Waals surface area contributed by atoms with Crippen LogP contribution in [0.2, 0.25) is 0 Å². The number of hydrogen-bond donors (Lipinski definition) is 0. The van der Waals surface area contributed by atoms with Gasteiger partial charge in [0.2, 0.25) is 0 Å². The van der Waals surface area contributed by atoms with Gasteiger partial charge in [-0.1, -0.05) is 12.2 Å². The van der Waals surface area contributed by atoms with E-state index in [9.17, 15) is 4.79 Å². The molecule has 0 heterocycles. The fourth-order valence-corrected chi connectivity index (χ4v) is 1.25. The van der Waals surface area contributed by atoms with Crippen molar-refractivity contribution in [3.63, 3.8) is 0 Å². The highest BCUT2D eigenvalue weighted by atomic mass is 16.5. The summed E-state index contributed by atoms with van der Waals surface area (Å²) in [4.78, 5) is 11.1. The summed E-state index contributed by atoms with van der Waals surface area (Å²) in [6.45, 7) is 8.08. The molecule has 11 heavy (non-hydrogen) atoms. The molecule has 0 N–H and O–H groups in total. The van der Waals surface area contributed by atoms with Gasteiger partial charge in [-0.2, -0.15) is 0 Å². The summed E-state index contributed by atoms with van der Waals surface area (Å²) in [6, 6.07) is 0. The van der Waals surface area contributed by atoms with E-state index in [2.05, 4.69) is 6.58 Å². The Bertz CT molecular complexity index is 184. The summed E-state index contributed by atoms with van der Waals surface area (Å²) >= 11 is 0. The molecule has 1 aliphatic rings. The van der Waals surface area contributed by atoms with Gasteiger partial charge in [0.1, 0.15) is 0 Å². The lowest BCUT2D eigenvalue weighted by atomic mass is 10.2. The van der Waals surface area contributed by atoms with Gasteiger partial charge in [0.25, 0.3) is 0 Å². The first-order valence-corrected chi connectivity index (χ1v) is 3.98. The number of carbonyl (C=O) groups excluding carboxylic acids is 1. The Morgan fingerprint density at radius 2 is 2.27 bits per heavy atom. The van der Waals surface area contributed by atoms with E-state index in [0.717, 1.165) is 12.0 Å². The van der Waals surface area contributed by atoms with Crippen LogP contribution in [0.5, 0.6) is 0 Å². The Kier molecular flexibility index (Phi) is 2.32. The lowest BCUT2D eigenvalue weighted by Crippen LogP contribution is -2.07. The number of rotatable bonds is 3. The van der Waals surface area contributed by atoms with Gasteiger partial charge in [-0.05, 0) is 26.2 Å². The average molecular weight is 154 g/mol. The molecule has 2 nitrogen and oxygen atoms in total. The van der Waals surface area contributed by atoms with Crippen LogP contribution in [-0.4, -0.2) is 12.6 Å². The molecule has 0 aliphatic heterocycles. The highest BCUT2D eigenvalue weighted by molar-refractivity contribution is 5.76. The zero-order valence-electron chi connectivity index (χ0n) is 7.09. The molecule has 2 atom stereocenters. The van der Waals surface area contributed by atoms with Gasteiger partial charge in [-0.25, -0.2) is 0 Å². The molecule has 1 fully saturated rings. The minimum atomic E-state index is -0.0551. The third-order valence-corrected chi connectivity index (χ3v) is 2.01. The van der Waals surface area contributed by atoms with Crippen LogP contribution in [-0.2, 0) is 9.53 Å². The van der Waals surface area contributed by atoms with Crippen LogP contribution < -0.4 is 0 Å². The van der Waals surface area contributed by atoms with E-state index in [4.69, 9.17) is 4.74 Å². The molecular formula is C9H14O2. The summed E-state index contributed by atoms with van der Waals surface area (Å²) in [5.74, 6) is 0.460. The second-order valence-corrected chi connectivity index (χ2v) is 3.05. The quantitative estimate of drug-likeness (QED) is 0.457. The smallest absolute Gasteiger partial charge is 0.309 e. The second kappa shape index (κ2) is 3.07. The van der Waals surface area contributed by atoms with Crippen molar-refractivity contribution in [3.8, 4) is 0 Å². The third kappa shape index (κ3) is 1.82. The Labute approximate surface area is 67.2 Å². The van der Waals surface area contributed by atoms with Gasteiger partial charge in [-0.15, -0.1) is 0 Å². The Hall–Kier alpha value is -0.790. The lowest BCUT2D eigenvalue weighted by Gasteiger charge is -1.99. The maximum Gasteiger partial charge on any atom is 0.309 e. The van der Waals surface area contributed by atoms with Gasteiger partial charge >= 0.3 is 5.97 Å². The van der Waals surface area contributed by atoms with E-state index in [-0.39, 0.29) is 11.9 Å². The fourth-order valence-electron chi connectivity index (χ4n) is 1.25. The topological polar surface area (TPSA) is 26.3 Å². The van der Waals surface area contributed by atoms with Crippen molar-refractivity contribution in [2.75, 3.05) is 6.61 Å². The van der Waals surface area contributed by atoms with E-state index in [0.29, 0.717) is 12.5 Å². The molecule has 0 spiro atoms. The van der Waals surface area contributed by atoms with Crippen molar-refractivity contribution in [1.82, 2.24) is 0 Å². The van der Waals surface area contributed by atoms with Crippen molar-refractivity contribution < 1.29 is 9.53 Å². The predicted octanol–water partition coefficient (Wildman–Crippen LogP) is 1.76. The van der Waals surface area contributed by atoms with Crippen molar-refractivity contribution in [3.05, 3.63) is 12.2 Å². The van der Waals surface area contributed by atoms with Crippen molar-refractivity contribution in [2.45, 2.75) is 20.3 Å². The highest BCUT2D eigenvalue weighted by Gasteiger charge is 2.44. The molecule has 0 aromatic rings. The van der Waals surface area contributed by atoms with Crippen molar-refractivity contribution in [2.24, 2.45) is 11.8 Å². The first kappa shape index (κ1) is 8.31. The number of esters is 1. The zero-order valence-corrected chi connectivity index (χ0v) is 7.09. The van der Waals surface area contributed by atoms with Crippen LogP contribution in [0, 0.1) is 11.8 Å². The van der Waals surface area contributed by atoms with Crippen molar-refractivity contribution in [1.29, 1.82) is 0 Å². The molecule has 0 unspecified atom stereocenters. The molecule has 0 radical (unpaired) electrons. The van der Waals surface area contributed by atoms with Gasteiger partial charge in [-0.3, -0.25) is 4.79 Å². The number of carbonyl (C=O) groups is 1. The van der Waals surface area contributed by atoms with Gasteiger partial charge in [0, 0.05) is 0 Å².